The zero-order valence-corrected chi connectivity index (χ0v) is 15.8. The lowest BCUT2D eigenvalue weighted by Crippen LogP contribution is -2.22. The average Bonchev–Trinajstić information content (AvgIpc) is 2.53. The molecule has 25 heavy (non-hydrogen) atoms. The first kappa shape index (κ1) is 21.1. The Balaban J connectivity index is 0.00000312. The van der Waals surface area contributed by atoms with Crippen molar-refractivity contribution in [1.82, 2.24) is 0 Å². The van der Waals surface area contributed by atoms with Crippen molar-refractivity contribution in [2.45, 2.75) is 19.6 Å². The highest BCUT2D eigenvalue weighted by molar-refractivity contribution is 14.0. The number of para-hydroxylation sites is 1. The van der Waals surface area contributed by atoms with Gasteiger partial charge in [0, 0.05) is 11.3 Å². The number of halogens is 4. The van der Waals surface area contributed by atoms with Gasteiger partial charge >= 0.3 is 6.18 Å². The molecule has 0 bridgehead atoms. The number of nitrogens with zero attached hydrogens (tertiary/aromatic N) is 1. The van der Waals surface area contributed by atoms with Gasteiger partial charge < -0.3 is 15.8 Å². The molecule has 0 heterocycles. The first-order valence-corrected chi connectivity index (χ1v) is 7.24. The van der Waals surface area contributed by atoms with E-state index >= 15 is 0 Å². The number of rotatable bonds is 5. The molecule has 0 spiro atoms. The average molecular weight is 465 g/mol. The highest BCUT2D eigenvalue weighted by atomic mass is 127. The smallest absolute Gasteiger partial charge is 0.422 e. The molecule has 0 radical (unpaired) electrons. The maximum Gasteiger partial charge on any atom is 0.422 e. The number of hydrogen-bond donors (Lipinski definition) is 2. The number of aliphatic imine (C=N–C) groups is 1. The molecule has 136 valence electrons. The van der Waals surface area contributed by atoms with E-state index in [0.717, 1.165) is 11.3 Å². The summed E-state index contributed by atoms with van der Waals surface area (Å²) in [6.07, 6.45) is -4.39. The van der Waals surface area contributed by atoms with Gasteiger partial charge in [0.15, 0.2) is 12.6 Å². The summed E-state index contributed by atoms with van der Waals surface area (Å²) in [5.41, 5.74) is 8.22. The first-order valence-electron chi connectivity index (χ1n) is 7.24. The largest absolute Gasteiger partial charge is 0.484 e. The first-order chi connectivity index (χ1) is 11.3. The Morgan fingerprint density at radius 3 is 2.40 bits per heavy atom. The SMILES string of the molecule is Cc1ccc(NC(N)=NCc2ccccc2OCC(F)(F)F)cc1.I. The fraction of sp³-hybridized carbons (Fsp3) is 0.235. The van der Waals surface area contributed by atoms with Crippen LogP contribution >= 0.6 is 24.0 Å². The van der Waals surface area contributed by atoms with Gasteiger partial charge in [-0.05, 0) is 25.1 Å². The van der Waals surface area contributed by atoms with E-state index in [1.165, 1.54) is 6.07 Å². The van der Waals surface area contributed by atoms with Crippen LogP contribution in [0.2, 0.25) is 0 Å². The summed E-state index contributed by atoms with van der Waals surface area (Å²) >= 11 is 0. The summed E-state index contributed by atoms with van der Waals surface area (Å²) in [5, 5.41) is 2.92. The van der Waals surface area contributed by atoms with Crippen molar-refractivity contribution in [2.24, 2.45) is 10.7 Å². The maximum absolute atomic E-state index is 12.3. The quantitative estimate of drug-likeness (QED) is 0.389. The Labute approximate surface area is 161 Å². The van der Waals surface area contributed by atoms with E-state index < -0.39 is 12.8 Å². The second kappa shape index (κ2) is 9.50. The molecular weight excluding hydrogens is 446 g/mol. The minimum atomic E-state index is -4.39. The van der Waals surface area contributed by atoms with E-state index in [2.05, 4.69) is 10.3 Å². The predicted octanol–water partition coefficient (Wildman–Crippen LogP) is 4.48. The number of anilines is 1. The van der Waals surface area contributed by atoms with Gasteiger partial charge in [0.05, 0.1) is 6.54 Å². The molecule has 3 N–H and O–H groups in total. The van der Waals surface area contributed by atoms with Crippen molar-refractivity contribution in [3.63, 3.8) is 0 Å². The summed E-state index contributed by atoms with van der Waals surface area (Å²) in [6.45, 7) is 0.739. The van der Waals surface area contributed by atoms with Crippen molar-refractivity contribution in [3.8, 4) is 5.75 Å². The molecule has 8 heteroatoms. The molecule has 0 unspecified atom stereocenters. The maximum atomic E-state index is 12.3. The van der Waals surface area contributed by atoms with Crippen LogP contribution < -0.4 is 15.8 Å². The monoisotopic (exact) mass is 465 g/mol. The number of hydrogen-bond acceptors (Lipinski definition) is 2. The molecular formula is C17H19F3IN3O. The minimum Gasteiger partial charge on any atom is -0.484 e. The van der Waals surface area contributed by atoms with E-state index in [-0.39, 0.29) is 42.2 Å². The lowest BCUT2D eigenvalue weighted by Gasteiger charge is -2.12. The van der Waals surface area contributed by atoms with E-state index in [1.807, 2.05) is 31.2 Å². The van der Waals surface area contributed by atoms with Crippen LogP contribution in [-0.4, -0.2) is 18.7 Å². The van der Waals surface area contributed by atoms with Crippen LogP contribution in [-0.2, 0) is 6.54 Å². The molecule has 0 aromatic heterocycles. The van der Waals surface area contributed by atoms with E-state index in [0.29, 0.717) is 5.56 Å². The third-order valence-electron chi connectivity index (χ3n) is 3.11. The number of aryl methyl sites for hydroxylation is 1. The molecule has 0 aliphatic carbocycles. The molecule has 2 rings (SSSR count). The van der Waals surface area contributed by atoms with Crippen LogP contribution in [0.3, 0.4) is 0 Å². The van der Waals surface area contributed by atoms with Gasteiger partial charge in [0.1, 0.15) is 5.75 Å². The lowest BCUT2D eigenvalue weighted by molar-refractivity contribution is -0.153. The lowest BCUT2D eigenvalue weighted by atomic mass is 10.2. The van der Waals surface area contributed by atoms with Gasteiger partial charge in [-0.25, -0.2) is 4.99 Å². The highest BCUT2D eigenvalue weighted by Gasteiger charge is 2.28. The van der Waals surface area contributed by atoms with Gasteiger partial charge in [-0.2, -0.15) is 13.2 Å². The zero-order valence-electron chi connectivity index (χ0n) is 13.5. The van der Waals surface area contributed by atoms with Crippen molar-refractivity contribution < 1.29 is 17.9 Å². The van der Waals surface area contributed by atoms with Crippen molar-refractivity contribution in [3.05, 3.63) is 59.7 Å². The van der Waals surface area contributed by atoms with Gasteiger partial charge in [0.25, 0.3) is 0 Å². The second-order valence-electron chi connectivity index (χ2n) is 5.20. The molecule has 2 aromatic carbocycles. The summed E-state index contributed by atoms with van der Waals surface area (Å²) in [7, 11) is 0. The van der Waals surface area contributed by atoms with Crippen LogP contribution in [0, 0.1) is 6.92 Å². The van der Waals surface area contributed by atoms with Gasteiger partial charge in [-0.15, -0.1) is 24.0 Å². The topological polar surface area (TPSA) is 59.6 Å². The van der Waals surface area contributed by atoms with Crippen molar-refractivity contribution in [2.75, 3.05) is 11.9 Å². The van der Waals surface area contributed by atoms with Gasteiger partial charge in [-0.1, -0.05) is 35.9 Å². The normalized spacial score (nSPS) is 11.6. The standard InChI is InChI=1S/C17H18F3N3O.HI/c1-12-6-8-14(9-7-12)23-16(21)22-10-13-4-2-3-5-15(13)24-11-17(18,19)20;/h2-9H,10-11H2,1H3,(H3,21,22,23);1H. The minimum absolute atomic E-state index is 0. The summed E-state index contributed by atoms with van der Waals surface area (Å²) in [4.78, 5) is 4.14. The fourth-order valence-corrected chi connectivity index (χ4v) is 1.93. The molecule has 0 atom stereocenters. The Morgan fingerprint density at radius 1 is 1.12 bits per heavy atom. The third kappa shape index (κ3) is 7.63. The van der Waals surface area contributed by atoms with E-state index in [4.69, 9.17) is 10.5 Å². The summed E-state index contributed by atoms with van der Waals surface area (Å²) in [5.74, 6) is 0.311. The van der Waals surface area contributed by atoms with Crippen LogP contribution in [0.4, 0.5) is 18.9 Å². The number of benzene rings is 2. The van der Waals surface area contributed by atoms with E-state index in [9.17, 15) is 13.2 Å². The van der Waals surface area contributed by atoms with E-state index in [1.54, 1.807) is 18.2 Å². The predicted molar refractivity (Wildman–Crippen MR) is 104 cm³/mol. The zero-order chi connectivity index (χ0) is 17.6. The summed E-state index contributed by atoms with van der Waals surface area (Å²) in [6, 6.07) is 14.0. The number of nitrogens with one attached hydrogen (secondary N) is 1. The number of nitrogens with two attached hydrogens (primary N) is 1. The van der Waals surface area contributed by atoms with Crippen molar-refractivity contribution >= 4 is 35.6 Å². The molecule has 0 saturated heterocycles. The molecule has 0 saturated carbocycles. The number of alkyl halides is 3. The Bertz CT molecular complexity index is 703. The fourth-order valence-electron chi connectivity index (χ4n) is 1.93. The highest BCUT2D eigenvalue weighted by Crippen LogP contribution is 2.22. The molecule has 2 aromatic rings. The Morgan fingerprint density at radius 2 is 1.76 bits per heavy atom. The Hall–Kier alpha value is -1.97. The van der Waals surface area contributed by atoms with Gasteiger partial charge in [-0.3, -0.25) is 0 Å². The van der Waals surface area contributed by atoms with Crippen LogP contribution in [0.15, 0.2) is 53.5 Å². The third-order valence-corrected chi connectivity index (χ3v) is 3.11. The molecule has 4 nitrogen and oxygen atoms in total. The number of ether oxygens (including phenoxy) is 1. The number of guanidine groups is 1. The second-order valence-corrected chi connectivity index (χ2v) is 5.20. The molecule has 0 amide bonds. The van der Waals surface area contributed by atoms with Crippen LogP contribution in [0.25, 0.3) is 0 Å². The Kier molecular flexibility index (Phi) is 8.01. The van der Waals surface area contributed by atoms with Crippen molar-refractivity contribution in [1.29, 1.82) is 0 Å². The van der Waals surface area contributed by atoms with Crippen LogP contribution in [0.5, 0.6) is 5.75 Å². The summed E-state index contributed by atoms with van der Waals surface area (Å²) < 4.78 is 41.6. The van der Waals surface area contributed by atoms with Crippen LogP contribution in [0.1, 0.15) is 11.1 Å². The molecule has 0 aliphatic heterocycles. The van der Waals surface area contributed by atoms with Gasteiger partial charge in [0.2, 0.25) is 0 Å². The molecule has 0 fully saturated rings. The molecule has 0 aliphatic rings.